The molecule has 0 saturated carbocycles. The van der Waals surface area contributed by atoms with Gasteiger partial charge in [-0.1, -0.05) is 79.2 Å². The van der Waals surface area contributed by atoms with Crippen LogP contribution in [-0.2, 0) is 9.54 Å². The monoisotopic (exact) mass is 420 g/mol. The number of aliphatic carboxylic acids is 1. The van der Waals surface area contributed by atoms with Crippen molar-refractivity contribution in [2.75, 3.05) is 12.9 Å². The molecule has 1 N–H and O–H groups in total. The highest BCUT2D eigenvalue weighted by Gasteiger charge is 2.36. The number of hydrogen-bond acceptors (Lipinski definition) is 3. The predicted octanol–water partition coefficient (Wildman–Crippen LogP) is 6.37. The van der Waals surface area contributed by atoms with Crippen molar-refractivity contribution >= 4 is 17.7 Å². The Labute approximate surface area is 183 Å². The Bertz CT molecular complexity index is 869. The van der Waals surface area contributed by atoms with E-state index in [0.29, 0.717) is 0 Å². The molecule has 0 spiro atoms. The van der Waals surface area contributed by atoms with Gasteiger partial charge in [0, 0.05) is 6.42 Å². The smallest absolute Gasteiger partial charge is 0.303 e. The lowest BCUT2D eigenvalue weighted by Crippen LogP contribution is -2.26. The lowest BCUT2D eigenvalue weighted by atomic mass is 9.84. The Kier molecular flexibility index (Phi) is 7.97. The number of thioether (sulfide) groups is 1. The molecule has 0 unspecified atom stereocenters. The van der Waals surface area contributed by atoms with Gasteiger partial charge in [0.25, 0.3) is 0 Å². The minimum atomic E-state index is -0.719. The molecule has 0 aliphatic rings. The van der Waals surface area contributed by atoms with Gasteiger partial charge in [-0.15, -0.1) is 11.8 Å². The number of benzene rings is 3. The average molecular weight is 421 g/mol. The molecule has 0 radical (unpaired) electrons. The van der Waals surface area contributed by atoms with E-state index in [1.807, 2.05) is 36.0 Å². The number of carbonyl (C=O) groups is 1. The van der Waals surface area contributed by atoms with Gasteiger partial charge in [0.1, 0.15) is 5.75 Å². The van der Waals surface area contributed by atoms with E-state index in [2.05, 4.69) is 60.7 Å². The molecule has 3 aromatic rings. The second kappa shape index (κ2) is 10.9. The number of ether oxygens (including phenoxy) is 1. The van der Waals surface area contributed by atoms with E-state index in [1.54, 1.807) is 7.11 Å². The fourth-order valence-corrected chi connectivity index (χ4v) is 5.26. The molecule has 0 aliphatic heterocycles. The Balaban J connectivity index is 1.97. The van der Waals surface area contributed by atoms with Crippen molar-refractivity contribution in [3.63, 3.8) is 0 Å². The van der Waals surface area contributed by atoms with Gasteiger partial charge in [0.15, 0.2) is 0 Å². The number of unbranched alkanes of at least 4 members (excludes halogenated alkanes) is 2. The molecular formula is C26H28O3S. The van der Waals surface area contributed by atoms with Gasteiger partial charge < -0.3 is 9.84 Å². The number of carboxylic acids is 1. The Morgan fingerprint density at radius 3 is 1.83 bits per heavy atom. The fraction of sp³-hybridized carbons (Fsp3) is 0.269. The third-order valence-corrected chi connectivity index (χ3v) is 6.84. The van der Waals surface area contributed by atoms with Gasteiger partial charge in [-0.2, -0.15) is 0 Å². The maximum atomic E-state index is 10.8. The van der Waals surface area contributed by atoms with Crippen molar-refractivity contribution in [1.29, 1.82) is 0 Å². The van der Waals surface area contributed by atoms with Crippen molar-refractivity contribution in [3.8, 4) is 5.75 Å². The van der Waals surface area contributed by atoms with Gasteiger partial charge in [0.2, 0.25) is 0 Å². The predicted molar refractivity (Wildman–Crippen MR) is 124 cm³/mol. The molecular weight excluding hydrogens is 392 g/mol. The maximum absolute atomic E-state index is 10.8. The van der Waals surface area contributed by atoms with Crippen LogP contribution in [0.1, 0.15) is 42.4 Å². The second-order valence-corrected chi connectivity index (χ2v) is 8.50. The van der Waals surface area contributed by atoms with E-state index in [9.17, 15) is 4.79 Å². The summed E-state index contributed by atoms with van der Waals surface area (Å²) in [6.45, 7) is 0. The standard InChI is InChI=1S/C26H28O3S/c1-29-24-18-16-23(17-19-24)26(21-11-5-2-6-12-21,22-13-7-3-8-14-22)30-20-10-4-9-15-25(27)28/h2-3,5-8,11-14,16-19H,4,9-10,15,20H2,1H3,(H,27,28). The molecule has 0 bridgehead atoms. The van der Waals surface area contributed by atoms with Crippen molar-refractivity contribution in [1.82, 2.24) is 0 Å². The Morgan fingerprint density at radius 1 is 0.800 bits per heavy atom. The van der Waals surface area contributed by atoms with E-state index in [1.165, 1.54) is 16.7 Å². The molecule has 0 atom stereocenters. The summed E-state index contributed by atoms with van der Waals surface area (Å²) in [7, 11) is 1.68. The average Bonchev–Trinajstić information content (AvgIpc) is 2.80. The second-order valence-electron chi connectivity index (χ2n) is 7.19. The van der Waals surface area contributed by atoms with Crippen molar-refractivity contribution in [2.45, 2.75) is 30.4 Å². The third kappa shape index (κ3) is 5.25. The van der Waals surface area contributed by atoms with Crippen molar-refractivity contribution in [2.24, 2.45) is 0 Å². The van der Waals surface area contributed by atoms with Crippen LogP contribution in [-0.4, -0.2) is 23.9 Å². The highest BCUT2D eigenvalue weighted by Crippen LogP contribution is 2.49. The minimum Gasteiger partial charge on any atom is -0.497 e. The van der Waals surface area contributed by atoms with Gasteiger partial charge >= 0.3 is 5.97 Å². The summed E-state index contributed by atoms with van der Waals surface area (Å²) in [4.78, 5) is 10.8. The lowest BCUT2D eigenvalue weighted by molar-refractivity contribution is -0.137. The lowest BCUT2D eigenvalue weighted by Gasteiger charge is -2.35. The summed E-state index contributed by atoms with van der Waals surface area (Å²) in [5, 5.41) is 8.87. The largest absolute Gasteiger partial charge is 0.497 e. The summed E-state index contributed by atoms with van der Waals surface area (Å²) in [6.07, 6.45) is 2.87. The van der Waals surface area contributed by atoms with Crippen LogP contribution in [0.5, 0.6) is 5.75 Å². The van der Waals surface area contributed by atoms with Crippen LogP contribution in [0.4, 0.5) is 0 Å². The molecule has 30 heavy (non-hydrogen) atoms. The van der Waals surface area contributed by atoms with Gasteiger partial charge in [-0.05, 0) is 47.4 Å². The van der Waals surface area contributed by atoms with Crippen LogP contribution in [0, 0.1) is 0 Å². The van der Waals surface area contributed by atoms with Crippen LogP contribution >= 0.6 is 11.8 Å². The van der Waals surface area contributed by atoms with Crippen LogP contribution < -0.4 is 4.74 Å². The van der Waals surface area contributed by atoms with Crippen molar-refractivity contribution < 1.29 is 14.6 Å². The summed E-state index contributed by atoms with van der Waals surface area (Å²) < 4.78 is 5.04. The zero-order valence-electron chi connectivity index (χ0n) is 17.3. The Morgan fingerprint density at radius 2 is 1.33 bits per heavy atom. The number of carboxylic acid groups (broad SMARTS) is 1. The molecule has 3 nitrogen and oxygen atoms in total. The van der Waals surface area contributed by atoms with Gasteiger partial charge in [-0.25, -0.2) is 0 Å². The summed E-state index contributed by atoms with van der Waals surface area (Å²) in [6, 6.07) is 29.5. The van der Waals surface area contributed by atoms with Crippen LogP contribution in [0.15, 0.2) is 84.9 Å². The first-order chi connectivity index (χ1) is 14.7. The first-order valence-electron chi connectivity index (χ1n) is 10.3. The highest BCUT2D eigenvalue weighted by atomic mass is 32.2. The molecule has 0 saturated heterocycles. The third-order valence-electron chi connectivity index (χ3n) is 5.21. The molecule has 3 rings (SSSR count). The van der Waals surface area contributed by atoms with Crippen LogP contribution in [0.3, 0.4) is 0 Å². The molecule has 0 amide bonds. The summed E-state index contributed by atoms with van der Waals surface area (Å²) in [5.74, 6) is 1.06. The summed E-state index contributed by atoms with van der Waals surface area (Å²) in [5.41, 5.74) is 3.67. The van der Waals surface area contributed by atoms with E-state index < -0.39 is 5.97 Å². The van der Waals surface area contributed by atoms with Gasteiger partial charge in [-0.3, -0.25) is 4.79 Å². The molecule has 0 aromatic heterocycles. The molecule has 3 aromatic carbocycles. The first kappa shape index (κ1) is 22.0. The molecule has 0 aliphatic carbocycles. The number of rotatable bonds is 11. The molecule has 4 heteroatoms. The number of methoxy groups -OCH3 is 1. The molecule has 0 fully saturated rings. The van der Waals surface area contributed by atoms with E-state index >= 15 is 0 Å². The number of hydrogen-bond donors (Lipinski definition) is 1. The normalized spacial score (nSPS) is 11.2. The van der Waals surface area contributed by atoms with Crippen LogP contribution in [0.2, 0.25) is 0 Å². The molecule has 156 valence electrons. The fourth-order valence-electron chi connectivity index (χ4n) is 3.70. The zero-order valence-corrected chi connectivity index (χ0v) is 18.1. The maximum Gasteiger partial charge on any atom is 0.303 e. The SMILES string of the molecule is COc1ccc(C(SCCCCCC(=O)O)(c2ccccc2)c2ccccc2)cc1. The zero-order chi connectivity index (χ0) is 21.2. The topological polar surface area (TPSA) is 46.5 Å². The van der Waals surface area contributed by atoms with Crippen molar-refractivity contribution in [3.05, 3.63) is 102 Å². The highest BCUT2D eigenvalue weighted by molar-refractivity contribution is 8.00. The van der Waals surface area contributed by atoms with E-state index in [-0.39, 0.29) is 11.2 Å². The first-order valence-corrected chi connectivity index (χ1v) is 11.3. The van der Waals surface area contributed by atoms with E-state index in [0.717, 1.165) is 30.8 Å². The Hall–Kier alpha value is -2.72. The summed E-state index contributed by atoms with van der Waals surface area (Å²) >= 11 is 1.91. The molecule has 0 heterocycles. The van der Waals surface area contributed by atoms with Crippen LogP contribution in [0.25, 0.3) is 0 Å². The quantitative estimate of drug-likeness (QED) is 0.289. The van der Waals surface area contributed by atoms with Gasteiger partial charge in [0.05, 0.1) is 11.9 Å². The minimum absolute atomic E-state index is 0.242. The van der Waals surface area contributed by atoms with E-state index in [4.69, 9.17) is 9.84 Å².